The predicted molar refractivity (Wildman–Crippen MR) is 83.2 cm³/mol. The summed E-state index contributed by atoms with van der Waals surface area (Å²) < 4.78 is 0. The highest BCUT2D eigenvalue weighted by Crippen LogP contribution is 2.46. The van der Waals surface area contributed by atoms with Crippen molar-refractivity contribution in [2.24, 2.45) is 5.92 Å². The second-order valence-corrected chi connectivity index (χ2v) is 7.20. The van der Waals surface area contributed by atoms with E-state index in [4.69, 9.17) is 0 Å². The summed E-state index contributed by atoms with van der Waals surface area (Å²) >= 11 is 0. The third-order valence-corrected chi connectivity index (χ3v) is 5.64. The van der Waals surface area contributed by atoms with Crippen LogP contribution in [0.25, 0.3) is 0 Å². The van der Waals surface area contributed by atoms with Gasteiger partial charge in [-0.25, -0.2) is 0 Å². The first-order chi connectivity index (χ1) is 10.6. The Labute approximate surface area is 132 Å². The summed E-state index contributed by atoms with van der Waals surface area (Å²) in [4.78, 5) is 28.1. The van der Waals surface area contributed by atoms with E-state index in [9.17, 15) is 14.7 Å². The third kappa shape index (κ3) is 3.62. The van der Waals surface area contributed by atoms with Crippen molar-refractivity contribution in [3.05, 3.63) is 0 Å². The molecule has 2 aliphatic heterocycles. The summed E-state index contributed by atoms with van der Waals surface area (Å²) in [5.41, 5.74) is -0.409. The Morgan fingerprint density at radius 1 is 1.14 bits per heavy atom. The lowest BCUT2D eigenvalue weighted by molar-refractivity contribution is -0.135. The first kappa shape index (κ1) is 15.8. The van der Waals surface area contributed by atoms with Gasteiger partial charge in [0, 0.05) is 39.0 Å². The van der Waals surface area contributed by atoms with Gasteiger partial charge in [0.15, 0.2) is 0 Å². The lowest BCUT2D eigenvalue weighted by Gasteiger charge is -2.35. The van der Waals surface area contributed by atoms with Crippen LogP contribution in [0.15, 0.2) is 0 Å². The molecule has 1 aliphatic carbocycles. The zero-order chi connectivity index (χ0) is 15.6. The number of amides is 2. The molecular formula is C17H28N2O3. The summed E-state index contributed by atoms with van der Waals surface area (Å²) in [6, 6.07) is 0. The SMILES string of the molecule is O=C1CCCCCN1CCC(=O)N1CCC(C2(O)CC2)CC1. The van der Waals surface area contributed by atoms with Crippen molar-refractivity contribution in [1.82, 2.24) is 9.80 Å². The minimum absolute atomic E-state index is 0.165. The van der Waals surface area contributed by atoms with Gasteiger partial charge >= 0.3 is 0 Å². The van der Waals surface area contributed by atoms with Gasteiger partial charge in [0.1, 0.15) is 0 Å². The smallest absolute Gasteiger partial charge is 0.224 e. The molecule has 3 rings (SSSR count). The second kappa shape index (κ2) is 6.57. The molecule has 3 aliphatic rings. The van der Waals surface area contributed by atoms with Gasteiger partial charge in [-0.2, -0.15) is 0 Å². The fourth-order valence-electron chi connectivity index (χ4n) is 3.87. The number of hydrogen-bond donors (Lipinski definition) is 1. The monoisotopic (exact) mass is 308 g/mol. The Balaban J connectivity index is 1.41. The summed E-state index contributed by atoms with van der Waals surface area (Å²) in [7, 11) is 0. The third-order valence-electron chi connectivity index (χ3n) is 5.64. The highest BCUT2D eigenvalue weighted by molar-refractivity contribution is 5.79. The van der Waals surface area contributed by atoms with Crippen LogP contribution < -0.4 is 0 Å². The molecule has 22 heavy (non-hydrogen) atoms. The minimum Gasteiger partial charge on any atom is -0.390 e. The molecule has 2 amide bonds. The number of carbonyl (C=O) groups excluding carboxylic acids is 2. The van der Waals surface area contributed by atoms with E-state index in [1.165, 1.54) is 0 Å². The number of nitrogens with zero attached hydrogens (tertiary/aromatic N) is 2. The standard InChI is InChI=1S/C17H28N2O3/c20-15-4-2-1-3-10-18(15)13-7-16(21)19-11-5-14(6-12-19)17(22)8-9-17/h14,22H,1-13H2. The normalized spacial score (nSPS) is 26.0. The highest BCUT2D eigenvalue weighted by Gasteiger charge is 2.48. The molecule has 5 nitrogen and oxygen atoms in total. The van der Waals surface area contributed by atoms with E-state index in [2.05, 4.69) is 0 Å². The van der Waals surface area contributed by atoms with Gasteiger partial charge in [-0.3, -0.25) is 9.59 Å². The van der Waals surface area contributed by atoms with E-state index in [1.54, 1.807) is 0 Å². The molecule has 5 heteroatoms. The Kier molecular flexibility index (Phi) is 4.71. The van der Waals surface area contributed by atoms with Crippen molar-refractivity contribution in [3.63, 3.8) is 0 Å². The first-order valence-electron chi connectivity index (χ1n) is 8.86. The van der Waals surface area contributed by atoms with Crippen molar-refractivity contribution in [1.29, 1.82) is 0 Å². The summed E-state index contributed by atoms with van der Waals surface area (Å²) in [6.45, 7) is 2.91. The zero-order valence-electron chi connectivity index (χ0n) is 13.4. The van der Waals surface area contributed by atoms with Crippen LogP contribution in [0.5, 0.6) is 0 Å². The number of carbonyl (C=O) groups is 2. The van der Waals surface area contributed by atoms with Crippen LogP contribution in [0, 0.1) is 5.92 Å². The van der Waals surface area contributed by atoms with Crippen LogP contribution in [-0.4, -0.2) is 58.5 Å². The molecule has 0 atom stereocenters. The molecule has 1 N–H and O–H groups in total. The number of aliphatic hydroxyl groups is 1. The van der Waals surface area contributed by atoms with Crippen LogP contribution in [0.4, 0.5) is 0 Å². The Morgan fingerprint density at radius 2 is 1.86 bits per heavy atom. The molecule has 1 saturated carbocycles. The quantitative estimate of drug-likeness (QED) is 0.857. The van der Waals surface area contributed by atoms with Gasteiger partial charge in [0.2, 0.25) is 11.8 Å². The Bertz CT molecular complexity index is 426. The van der Waals surface area contributed by atoms with Crippen molar-refractivity contribution in [2.75, 3.05) is 26.2 Å². The second-order valence-electron chi connectivity index (χ2n) is 7.20. The molecule has 0 bridgehead atoms. The molecule has 0 aromatic carbocycles. The van der Waals surface area contributed by atoms with Gasteiger partial charge in [-0.05, 0) is 44.4 Å². The molecule has 0 aromatic heterocycles. The largest absolute Gasteiger partial charge is 0.390 e. The van der Waals surface area contributed by atoms with Gasteiger partial charge in [0.05, 0.1) is 5.60 Å². The molecule has 0 unspecified atom stereocenters. The van der Waals surface area contributed by atoms with E-state index in [0.29, 0.717) is 25.3 Å². The molecular weight excluding hydrogens is 280 g/mol. The minimum atomic E-state index is -0.409. The van der Waals surface area contributed by atoms with Gasteiger partial charge in [-0.15, -0.1) is 0 Å². The van der Waals surface area contributed by atoms with Crippen molar-refractivity contribution in [3.8, 4) is 0 Å². The molecule has 0 radical (unpaired) electrons. The Morgan fingerprint density at radius 3 is 2.55 bits per heavy atom. The average Bonchev–Trinajstić information content (AvgIpc) is 3.31. The van der Waals surface area contributed by atoms with Crippen LogP contribution in [0.3, 0.4) is 0 Å². The number of piperidine rings is 1. The summed E-state index contributed by atoms with van der Waals surface area (Å²) in [5, 5.41) is 10.2. The van der Waals surface area contributed by atoms with E-state index >= 15 is 0 Å². The lowest BCUT2D eigenvalue weighted by atomic mass is 9.89. The van der Waals surface area contributed by atoms with Gasteiger partial charge < -0.3 is 14.9 Å². The molecule has 3 fully saturated rings. The summed E-state index contributed by atoms with van der Waals surface area (Å²) in [5.74, 6) is 0.752. The summed E-state index contributed by atoms with van der Waals surface area (Å²) in [6.07, 6.45) is 7.95. The zero-order valence-corrected chi connectivity index (χ0v) is 13.4. The van der Waals surface area contributed by atoms with E-state index in [-0.39, 0.29) is 11.8 Å². The van der Waals surface area contributed by atoms with Crippen LogP contribution in [0.2, 0.25) is 0 Å². The van der Waals surface area contributed by atoms with E-state index in [1.807, 2.05) is 9.80 Å². The highest BCUT2D eigenvalue weighted by atomic mass is 16.3. The average molecular weight is 308 g/mol. The van der Waals surface area contributed by atoms with Crippen molar-refractivity contribution >= 4 is 11.8 Å². The number of hydrogen-bond acceptors (Lipinski definition) is 3. The lowest BCUT2D eigenvalue weighted by Crippen LogP contribution is -2.43. The predicted octanol–water partition coefficient (Wildman–Crippen LogP) is 1.54. The topological polar surface area (TPSA) is 60.9 Å². The first-order valence-corrected chi connectivity index (χ1v) is 8.86. The van der Waals surface area contributed by atoms with Crippen molar-refractivity contribution < 1.29 is 14.7 Å². The number of rotatable bonds is 4. The van der Waals surface area contributed by atoms with Gasteiger partial charge in [-0.1, -0.05) is 6.42 Å². The van der Waals surface area contributed by atoms with E-state index < -0.39 is 5.60 Å². The maximum Gasteiger partial charge on any atom is 0.224 e. The number of likely N-dealkylation sites (tertiary alicyclic amines) is 2. The maximum atomic E-state index is 12.3. The fraction of sp³-hybridized carbons (Fsp3) is 0.882. The fourth-order valence-corrected chi connectivity index (χ4v) is 3.87. The van der Waals surface area contributed by atoms with Crippen LogP contribution >= 0.6 is 0 Å². The van der Waals surface area contributed by atoms with Crippen LogP contribution in [-0.2, 0) is 9.59 Å². The molecule has 0 spiro atoms. The van der Waals surface area contributed by atoms with E-state index in [0.717, 1.165) is 64.6 Å². The molecule has 0 aromatic rings. The van der Waals surface area contributed by atoms with Gasteiger partial charge in [0.25, 0.3) is 0 Å². The van der Waals surface area contributed by atoms with Crippen LogP contribution in [0.1, 0.15) is 57.8 Å². The molecule has 124 valence electrons. The molecule has 2 heterocycles. The van der Waals surface area contributed by atoms with Crippen molar-refractivity contribution in [2.45, 2.75) is 63.4 Å². The maximum absolute atomic E-state index is 12.3. The Hall–Kier alpha value is -1.10. The molecule has 2 saturated heterocycles.